The molecule has 4 heteroatoms. The molecule has 1 unspecified atom stereocenters. The highest BCUT2D eigenvalue weighted by molar-refractivity contribution is 5.38. The Hall–Kier alpha value is -1.97. The minimum Gasteiger partial charge on any atom is -0.363 e. The quantitative estimate of drug-likeness (QED) is 0.874. The second-order valence-corrected chi connectivity index (χ2v) is 3.90. The summed E-state index contributed by atoms with van der Waals surface area (Å²) >= 11 is 0. The van der Waals surface area contributed by atoms with Crippen LogP contribution in [0.2, 0.25) is 0 Å². The van der Waals surface area contributed by atoms with E-state index in [9.17, 15) is 0 Å². The van der Waals surface area contributed by atoms with Crippen LogP contribution in [0.25, 0.3) is 0 Å². The van der Waals surface area contributed by atoms with Gasteiger partial charge in [-0.3, -0.25) is 4.98 Å². The van der Waals surface area contributed by atoms with E-state index < -0.39 is 0 Å². The lowest BCUT2D eigenvalue weighted by atomic mass is 10.1. The van der Waals surface area contributed by atoms with Crippen LogP contribution in [0.3, 0.4) is 0 Å². The van der Waals surface area contributed by atoms with Gasteiger partial charge in [-0.2, -0.15) is 0 Å². The predicted octanol–water partition coefficient (Wildman–Crippen LogP) is 2.61. The Labute approximate surface area is 101 Å². The first-order valence-electron chi connectivity index (χ1n) is 5.77. The maximum atomic E-state index is 4.21. The Kier molecular flexibility index (Phi) is 3.65. The van der Waals surface area contributed by atoms with E-state index in [1.165, 1.54) is 0 Å². The van der Waals surface area contributed by atoms with Gasteiger partial charge in [0.05, 0.1) is 6.04 Å². The van der Waals surface area contributed by atoms with Crippen LogP contribution in [0, 0.1) is 0 Å². The number of anilines is 1. The molecule has 2 aromatic heterocycles. The number of hydrogen-bond donors (Lipinski definition) is 1. The number of aromatic nitrogens is 3. The molecule has 1 N–H and O–H groups in total. The molecule has 0 amide bonds. The van der Waals surface area contributed by atoms with Crippen molar-refractivity contribution in [2.45, 2.75) is 26.3 Å². The number of nitrogens with zero attached hydrogens (tertiary/aromatic N) is 3. The molecule has 17 heavy (non-hydrogen) atoms. The molecule has 2 aromatic rings. The largest absolute Gasteiger partial charge is 0.363 e. The lowest BCUT2D eigenvalue weighted by Crippen LogP contribution is -2.08. The molecular weight excluding hydrogens is 212 g/mol. The molecule has 2 heterocycles. The number of pyridine rings is 1. The fraction of sp³-hybridized carbons (Fsp3) is 0.308. The summed E-state index contributed by atoms with van der Waals surface area (Å²) in [6.45, 7) is 4.17. The molecule has 1 atom stereocenters. The maximum Gasteiger partial charge on any atom is 0.130 e. The molecule has 88 valence electrons. The fourth-order valence-electron chi connectivity index (χ4n) is 1.61. The average molecular weight is 228 g/mol. The van der Waals surface area contributed by atoms with Crippen molar-refractivity contribution in [3.8, 4) is 0 Å². The van der Waals surface area contributed by atoms with E-state index in [2.05, 4.69) is 34.1 Å². The summed E-state index contributed by atoms with van der Waals surface area (Å²) in [6, 6.07) is 6.15. The van der Waals surface area contributed by atoms with Crippen LogP contribution in [0.15, 0.2) is 36.9 Å². The van der Waals surface area contributed by atoms with Crippen LogP contribution in [-0.4, -0.2) is 15.0 Å². The van der Waals surface area contributed by atoms with E-state index in [4.69, 9.17) is 0 Å². The van der Waals surface area contributed by atoms with Gasteiger partial charge in [-0.25, -0.2) is 9.97 Å². The third-order valence-corrected chi connectivity index (χ3v) is 2.63. The van der Waals surface area contributed by atoms with Crippen LogP contribution < -0.4 is 5.32 Å². The molecule has 4 nitrogen and oxygen atoms in total. The first-order valence-corrected chi connectivity index (χ1v) is 5.77. The van der Waals surface area contributed by atoms with E-state index in [0.717, 1.165) is 23.5 Å². The zero-order valence-corrected chi connectivity index (χ0v) is 10.1. The molecule has 0 fully saturated rings. The number of aryl methyl sites for hydroxylation is 1. The van der Waals surface area contributed by atoms with E-state index in [1.54, 1.807) is 12.5 Å². The highest BCUT2D eigenvalue weighted by Crippen LogP contribution is 2.16. The van der Waals surface area contributed by atoms with E-state index >= 15 is 0 Å². The fourth-order valence-corrected chi connectivity index (χ4v) is 1.61. The summed E-state index contributed by atoms with van der Waals surface area (Å²) in [5.74, 6) is 0.855. The summed E-state index contributed by atoms with van der Waals surface area (Å²) in [7, 11) is 0. The van der Waals surface area contributed by atoms with Crippen LogP contribution in [0.1, 0.15) is 31.1 Å². The Morgan fingerprint density at radius 3 is 2.94 bits per heavy atom. The van der Waals surface area contributed by atoms with Crippen LogP contribution in [0.5, 0.6) is 0 Å². The highest BCUT2D eigenvalue weighted by atomic mass is 15.0. The van der Waals surface area contributed by atoms with Crippen LogP contribution >= 0.6 is 0 Å². The van der Waals surface area contributed by atoms with Gasteiger partial charge in [-0.15, -0.1) is 0 Å². The lowest BCUT2D eigenvalue weighted by Gasteiger charge is -2.14. The highest BCUT2D eigenvalue weighted by Gasteiger charge is 2.06. The topological polar surface area (TPSA) is 50.7 Å². The van der Waals surface area contributed by atoms with Gasteiger partial charge in [0.2, 0.25) is 0 Å². The second kappa shape index (κ2) is 5.39. The van der Waals surface area contributed by atoms with Crippen molar-refractivity contribution in [2.24, 2.45) is 0 Å². The maximum absolute atomic E-state index is 4.21. The molecule has 0 spiro atoms. The normalized spacial score (nSPS) is 12.1. The van der Waals surface area contributed by atoms with Crippen molar-refractivity contribution in [3.05, 3.63) is 48.2 Å². The molecular formula is C13H16N4. The summed E-state index contributed by atoms with van der Waals surface area (Å²) in [4.78, 5) is 12.5. The molecule has 0 aromatic carbocycles. The minimum atomic E-state index is 0.184. The van der Waals surface area contributed by atoms with Gasteiger partial charge >= 0.3 is 0 Å². The zero-order chi connectivity index (χ0) is 12.1. The van der Waals surface area contributed by atoms with Gasteiger partial charge in [0.1, 0.15) is 12.1 Å². The smallest absolute Gasteiger partial charge is 0.130 e. The summed E-state index contributed by atoms with van der Waals surface area (Å²) in [5, 5.41) is 3.34. The second-order valence-electron chi connectivity index (χ2n) is 3.90. The summed E-state index contributed by atoms with van der Waals surface area (Å²) in [5.41, 5.74) is 2.19. The SMILES string of the molecule is CCc1cc(NC(C)c2cccnc2)ncn1. The summed E-state index contributed by atoms with van der Waals surface area (Å²) < 4.78 is 0. The lowest BCUT2D eigenvalue weighted by molar-refractivity contribution is 0.859. The molecule has 0 aliphatic rings. The standard InChI is InChI=1S/C13H16N4/c1-3-12-7-13(16-9-15-12)17-10(2)11-5-4-6-14-8-11/h4-10H,3H2,1-2H3,(H,15,16,17). The molecule has 0 saturated heterocycles. The Balaban J connectivity index is 2.10. The van der Waals surface area contributed by atoms with Gasteiger partial charge in [0.25, 0.3) is 0 Å². The Morgan fingerprint density at radius 1 is 1.35 bits per heavy atom. The van der Waals surface area contributed by atoms with E-state index in [0.29, 0.717) is 0 Å². The van der Waals surface area contributed by atoms with Crippen LogP contribution in [0.4, 0.5) is 5.82 Å². The molecule has 0 aliphatic carbocycles. The van der Waals surface area contributed by atoms with Gasteiger partial charge in [0.15, 0.2) is 0 Å². The minimum absolute atomic E-state index is 0.184. The molecule has 0 radical (unpaired) electrons. The van der Waals surface area contributed by atoms with Crippen molar-refractivity contribution in [3.63, 3.8) is 0 Å². The number of nitrogens with one attached hydrogen (secondary N) is 1. The van der Waals surface area contributed by atoms with Crippen molar-refractivity contribution in [2.75, 3.05) is 5.32 Å². The third-order valence-electron chi connectivity index (χ3n) is 2.63. The van der Waals surface area contributed by atoms with Crippen LogP contribution in [-0.2, 0) is 6.42 Å². The van der Waals surface area contributed by atoms with Gasteiger partial charge in [0, 0.05) is 24.2 Å². The Bertz CT molecular complexity index is 470. The third kappa shape index (κ3) is 3.00. The average Bonchev–Trinajstić information content (AvgIpc) is 2.40. The molecule has 0 bridgehead atoms. The Morgan fingerprint density at radius 2 is 2.24 bits per heavy atom. The first kappa shape index (κ1) is 11.5. The molecule has 2 rings (SSSR count). The van der Waals surface area contributed by atoms with Crippen molar-refractivity contribution in [1.82, 2.24) is 15.0 Å². The van der Waals surface area contributed by atoms with Crippen molar-refractivity contribution < 1.29 is 0 Å². The predicted molar refractivity (Wildman–Crippen MR) is 67.7 cm³/mol. The zero-order valence-electron chi connectivity index (χ0n) is 10.1. The monoisotopic (exact) mass is 228 g/mol. The number of hydrogen-bond acceptors (Lipinski definition) is 4. The van der Waals surface area contributed by atoms with Gasteiger partial charge < -0.3 is 5.32 Å². The van der Waals surface area contributed by atoms with Gasteiger partial charge in [-0.05, 0) is 25.0 Å². The summed E-state index contributed by atoms with van der Waals surface area (Å²) in [6.07, 6.45) is 6.14. The first-order chi connectivity index (χ1) is 8.29. The van der Waals surface area contributed by atoms with E-state index in [1.807, 2.05) is 24.4 Å². The van der Waals surface area contributed by atoms with E-state index in [-0.39, 0.29) is 6.04 Å². The molecule has 0 aliphatic heterocycles. The van der Waals surface area contributed by atoms with Crippen molar-refractivity contribution in [1.29, 1.82) is 0 Å². The number of rotatable bonds is 4. The molecule has 0 saturated carbocycles. The van der Waals surface area contributed by atoms with Crippen molar-refractivity contribution >= 4 is 5.82 Å². The van der Waals surface area contributed by atoms with Gasteiger partial charge in [-0.1, -0.05) is 13.0 Å².